The number of carbonyl (C=O) groups is 2. The van der Waals surface area contributed by atoms with Crippen LogP contribution in [-0.2, 0) is 4.79 Å². The van der Waals surface area contributed by atoms with Gasteiger partial charge in [0, 0.05) is 43.8 Å². The first-order valence-electron chi connectivity index (χ1n) is 9.47. The Labute approximate surface area is 165 Å². The monoisotopic (exact) mass is 403 g/mol. The first-order chi connectivity index (χ1) is 13.9. The van der Waals surface area contributed by atoms with Gasteiger partial charge < -0.3 is 14.6 Å². The van der Waals surface area contributed by atoms with E-state index in [-0.39, 0.29) is 29.4 Å². The number of piperazine rings is 1. The van der Waals surface area contributed by atoms with Crippen LogP contribution in [0.15, 0.2) is 23.1 Å². The van der Waals surface area contributed by atoms with Gasteiger partial charge in [-0.25, -0.2) is 15.0 Å². The van der Waals surface area contributed by atoms with Gasteiger partial charge >= 0.3 is 5.97 Å². The number of nitrogens with two attached hydrogens (primary N) is 1. The van der Waals surface area contributed by atoms with Gasteiger partial charge in [-0.3, -0.25) is 19.9 Å². The number of pyridine rings is 1. The molecule has 1 aliphatic carbocycles. The molecule has 0 atom stereocenters. The summed E-state index contributed by atoms with van der Waals surface area (Å²) < 4.78 is 16.7. The number of carboxylic acids is 1. The standard InChI is InChI=1S/C19H22FN5O4/c20-14-7-12-15(25(11-1-2-11)9-13(18(12)27)19(28)29)8-16(14)24-5-3-23(4-6-24)10-17(26)22-21/h7-9,11H,1-6,10,21H2,(H,22,26)(H,28,29). The fourth-order valence-corrected chi connectivity index (χ4v) is 3.80. The molecule has 1 aromatic carbocycles. The zero-order valence-electron chi connectivity index (χ0n) is 15.7. The Bertz CT molecular complexity index is 1040. The quantitative estimate of drug-likeness (QED) is 0.373. The predicted molar refractivity (Wildman–Crippen MR) is 104 cm³/mol. The van der Waals surface area contributed by atoms with Gasteiger partial charge in [-0.1, -0.05) is 0 Å². The van der Waals surface area contributed by atoms with Crippen LogP contribution in [0.4, 0.5) is 10.1 Å². The highest BCUT2D eigenvalue weighted by Gasteiger charge is 2.28. The highest BCUT2D eigenvalue weighted by molar-refractivity contribution is 5.93. The summed E-state index contributed by atoms with van der Waals surface area (Å²) in [5, 5.41) is 9.41. The van der Waals surface area contributed by atoms with E-state index in [0.717, 1.165) is 18.9 Å². The SMILES string of the molecule is NNC(=O)CN1CCN(c2cc3c(cc2F)c(=O)c(C(=O)O)cn3C2CC2)CC1. The van der Waals surface area contributed by atoms with E-state index in [0.29, 0.717) is 37.4 Å². The summed E-state index contributed by atoms with van der Waals surface area (Å²) >= 11 is 0. The van der Waals surface area contributed by atoms with Crippen molar-refractivity contribution in [1.29, 1.82) is 0 Å². The molecule has 29 heavy (non-hydrogen) atoms. The molecule has 2 aliphatic rings. The van der Waals surface area contributed by atoms with Crippen LogP contribution in [0.25, 0.3) is 10.9 Å². The zero-order chi connectivity index (χ0) is 20.7. The summed E-state index contributed by atoms with van der Waals surface area (Å²) in [5.74, 6) is 2.96. The van der Waals surface area contributed by atoms with Crippen molar-refractivity contribution in [2.24, 2.45) is 5.84 Å². The molecule has 0 spiro atoms. The van der Waals surface area contributed by atoms with Gasteiger partial charge in [-0.05, 0) is 25.0 Å². The van der Waals surface area contributed by atoms with Gasteiger partial charge in [-0.15, -0.1) is 0 Å². The van der Waals surface area contributed by atoms with Crippen molar-refractivity contribution in [1.82, 2.24) is 14.9 Å². The van der Waals surface area contributed by atoms with Crippen LogP contribution in [0.2, 0.25) is 0 Å². The maximum absolute atomic E-state index is 14.9. The van der Waals surface area contributed by atoms with Crippen LogP contribution in [0.3, 0.4) is 0 Å². The molecule has 0 radical (unpaired) electrons. The summed E-state index contributed by atoms with van der Waals surface area (Å²) in [6, 6.07) is 2.91. The molecule has 1 aliphatic heterocycles. The van der Waals surface area contributed by atoms with E-state index in [1.54, 1.807) is 10.6 Å². The number of aromatic carboxylic acids is 1. The third kappa shape index (κ3) is 3.68. The number of nitrogens with zero attached hydrogens (tertiary/aromatic N) is 3. The lowest BCUT2D eigenvalue weighted by atomic mass is 10.1. The van der Waals surface area contributed by atoms with Crippen LogP contribution >= 0.6 is 0 Å². The van der Waals surface area contributed by atoms with Crippen LogP contribution in [-0.4, -0.2) is 59.2 Å². The first-order valence-corrected chi connectivity index (χ1v) is 9.47. The number of halogens is 1. The predicted octanol–water partition coefficient (Wildman–Crippen LogP) is 0.286. The Kier molecular flexibility index (Phi) is 4.97. The van der Waals surface area contributed by atoms with E-state index in [1.807, 2.05) is 9.80 Å². The van der Waals surface area contributed by atoms with E-state index < -0.39 is 17.2 Å². The van der Waals surface area contributed by atoms with Crippen molar-refractivity contribution < 1.29 is 19.1 Å². The minimum absolute atomic E-state index is 0.0799. The van der Waals surface area contributed by atoms with Crippen molar-refractivity contribution >= 4 is 28.5 Å². The molecule has 1 amide bonds. The van der Waals surface area contributed by atoms with Gasteiger partial charge in [0.2, 0.25) is 11.3 Å². The normalized spacial score (nSPS) is 17.5. The zero-order valence-corrected chi connectivity index (χ0v) is 15.7. The lowest BCUT2D eigenvalue weighted by molar-refractivity contribution is -0.122. The number of hydrazine groups is 1. The molecule has 1 aromatic heterocycles. The lowest BCUT2D eigenvalue weighted by Crippen LogP contribution is -2.50. The molecule has 1 saturated carbocycles. The highest BCUT2D eigenvalue weighted by Crippen LogP contribution is 2.38. The lowest BCUT2D eigenvalue weighted by Gasteiger charge is -2.36. The number of fused-ring (bicyclic) bond motifs is 1. The summed E-state index contributed by atoms with van der Waals surface area (Å²) in [7, 11) is 0. The molecule has 1 saturated heterocycles. The molecule has 0 unspecified atom stereocenters. The Hall–Kier alpha value is -2.98. The van der Waals surface area contributed by atoms with Gasteiger partial charge in [-0.2, -0.15) is 0 Å². The maximum Gasteiger partial charge on any atom is 0.341 e. The van der Waals surface area contributed by atoms with Crippen molar-refractivity contribution in [2.45, 2.75) is 18.9 Å². The smallest absolute Gasteiger partial charge is 0.341 e. The fourth-order valence-electron chi connectivity index (χ4n) is 3.80. The van der Waals surface area contributed by atoms with Gasteiger partial charge in [0.1, 0.15) is 11.4 Å². The number of hydrogen-bond donors (Lipinski definition) is 3. The van der Waals surface area contributed by atoms with E-state index >= 15 is 0 Å². The average molecular weight is 403 g/mol. The second-order valence-corrected chi connectivity index (χ2v) is 7.47. The molecule has 2 fully saturated rings. The van der Waals surface area contributed by atoms with Crippen molar-refractivity contribution in [2.75, 3.05) is 37.6 Å². The largest absolute Gasteiger partial charge is 0.477 e. The summed E-state index contributed by atoms with van der Waals surface area (Å²) in [6.45, 7) is 2.35. The second kappa shape index (κ2) is 7.45. The van der Waals surface area contributed by atoms with Crippen LogP contribution in [0.5, 0.6) is 0 Å². The van der Waals surface area contributed by atoms with Gasteiger partial charge in [0.25, 0.3) is 0 Å². The Morgan fingerprint density at radius 1 is 1.21 bits per heavy atom. The van der Waals surface area contributed by atoms with Crippen LogP contribution < -0.4 is 21.6 Å². The molecule has 0 bridgehead atoms. The average Bonchev–Trinajstić information content (AvgIpc) is 3.54. The van der Waals surface area contributed by atoms with Gasteiger partial charge in [0.05, 0.1) is 17.7 Å². The molecule has 10 heteroatoms. The van der Waals surface area contributed by atoms with E-state index in [4.69, 9.17) is 5.84 Å². The number of carbonyl (C=O) groups excluding carboxylic acids is 1. The van der Waals surface area contributed by atoms with E-state index in [2.05, 4.69) is 5.43 Å². The molecular formula is C19H22FN5O4. The molecule has 2 aromatic rings. The highest BCUT2D eigenvalue weighted by atomic mass is 19.1. The number of aromatic nitrogens is 1. The molecule has 4 N–H and O–H groups in total. The molecular weight excluding hydrogens is 381 g/mol. The minimum atomic E-state index is -1.31. The third-order valence-electron chi connectivity index (χ3n) is 5.51. The maximum atomic E-state index is 14.9. The third-order valence-corrected chi connectivity index (χ3v) is 5.51. The second-order valence-electron chi connectivity index (χ2n) is 7.47. The Balaban J connectivity index is 1.68. The van der Waals surface area contributed by atoms with E-state index in [9.17, 15) is 23.9 Å². The Morgan fingerprint density at radius 2 is 1.90 bits per heavy atom. The number of amides is 1. The van der Waals surface area contributed by atoms with Crippen molar-refractivity contribution in [3.8, 4) is 0 Å². The number of hydrogen-bond acceptors (Lipinski definition) is 6. The van der Waals surface area contributed by atoms with Crippen LogP contribution in [0, 0.1) is 5.82 Å². The first kappa shape index (κ1) is 19.3. The number of carboxylic acid groups (broad SMARTS) is 1. The molecule has 9 nitrogen and oxygen atoms in total. The van der Waals surface area contributed by atoms with Crippen LogP contribution in [0.1, 0.15) is 29.2 Å². The topological polar surface area (TPSA) is 121 Å². The van der Waals surface area contributed by atoms with Gasteiger partial charge in [0.15, 0.2) is 0 Å². The molecule has 4 rings (SSSR count). The van der Waals surface area contributed by atoms with Crippen molar-refractivity contribution in [3.63, 3.8) is 0 Å². The summed E-state index contributed by atoms with van der Waals surface area (Å²) in [4.78, 5) is 39.2. The number of nitrogens with one attached hydrogen (secondary N) is 1. The van der Waals surface area contributed by atoms with E-state index in [1.165, 1.54) is 6.20 Å². The molecule has 2 heterocycles. The fraction of sp³-hybridized carbons (Fsp3) is 0.421. The Morgan fingerprint density at radius 3 is 2.48 bits per heavy atom. The molecule has 154 valence electrons. The number of anilines is 1. The minimum Gasteiger partial charge on any atom is -0.477 e. The number of benzene rings is 1. The summed E-state index contributed by atoms with van der Waals surface area (Å²) in [6.07, 6.45) is 3.16. The van der Waals surface area contributed by atoms with Crippen molar-refractivity contribution in [3.05, 3.63) is 39.9 Å². The number of rotatable bonds is 5. The summed E-state index contributed by atoms with van der Waals surface area (Å²) in [5.41, 5.74) is 2.00.